The summed E-state index contributed by atoms with van der Waals surface area (Å²) in [7, 11) is 3.92. The number of nitrogens with zero attached hydrogens (tertiary/aromatic N) is 3. The van der Waals surface area contributed by atoms with E-state index in [1.165, 1.54) is 0 Å². The van der Waals surface area contributed by atoms with Crippen molar-refractivity contribution >= 4 is 16.7 Å². The van der Waals surface area contributed by atoms with E-state index in [1.54, 1.807) is 0 Å². The van der Waals surface area contributed by atoms with Crippen molar-refractivity contribution in [3.63, 3.8) is 0 Å². The Morgan fingerprint density at radius 3 is 2.88 bits per heavy atom. The molecule has 0 amide bonds. The van der Waals surface area contributed by atoms with Crippen molar-refractivity contribution in [2.24, 2.45) is 12.8 Å². The van der Waals surface area contributed by atoms with Gasteiger partial charge in [-0.25, -0.2) is 4.98 Å². The van der Waals surface area contributed by atoms with E-state index < -0.39 is 0 Å². The van der Waals surface area contributed by atoms with Gasteiger partial charge < -0.3 is 20.3 Å². The minimum Gasteiger partial charge on any atom is -0.395 e. The monoisotopic (exact) mass is 234 g/mol. The number of imidazole rings is 1. The summed E-state index contributed by atoms with van der Waals surface area (Å²) in [6.45, 7) is 1.19. The second-order valence-corrected chi connectivity index (χ2v) is 4.11. The predicted molar refractivity (Wildman–Crippen MR) is 69.0 cm³/mol. The zero-order chi connectivity index (χ0) is 12.4. The number of hydrogen-bond acceptors (Lipinski definition) is 4. The van der Waals surface area contributed by atoms with Crippen LogP contribution in [0.5, 0.6) is 0 Å². The van der Waals surface area contributed by atoms with E-state index >= 15 is 0 Å². The number of likely N-dealkylation sites (N-methyl/N-ethyl adjacent to an activating group) is 1. The fourth-order valence-electron chi connectivity index (χ4n) is 1.94. The first-order valence-corrected chi connectivity index (χ1v) is 5.64. The van der Waals surface area contributed by atoms with E-state index in [4.69, 9.17) is 10.8 Å². The van der Waals surface area contributed by atoms with Crippen LogP contribution in [0.3, 0.4) is 0 Å². The average Bonchev–Trinajstić information content (AvgIpc) is 2.66. The minimum atomic E-state index is 0.144. The van der Waals surface area contributed by atoms with Crippen LogP contribution >= 0.6 is 0 Å². The molecule has 2 rings (SSSR count). The molecule has 0 aliphatic carbocycles. The molecule has 0 unspecified atom stereocenters. The summed E-state index contributed by atoms with van der Waals surface area (Å²) < 4.78 is 2.01. The number of hydrogen-bond donors (Lipinski definition) is 2. The molecule has 0 spiro atoms. The first-order chi connectivity index (χ1) is 8.17. The van der Waals surface area contributed by atoms with Crippen LogP contribution < -0.4 is 10.6 Å². The van der Waals surface area contributed by atoms with Crippen LogP contribution in [0.15, 0.2) is 18.2 Å². The third kappa shape index (κ3) is 2.11. The maximum atomic E-state index is 8.92. The zero-order valence-corrected chi connectivity index (χ0v) is 10.2. The second kappa shape index (κ2) is 4.73. The van der Waals surface area contributed by atoms with Gasteiger partial charge in [0, 0.05) is 26.3 Å². The van der Waals surface area contributed by atoms with E-state index in [-0.39, 0.29) is 6.61 Å². The van der Waals surface area contributed by atoms with Crippen LogP contribution in [-0.2, 0) is 13.6 Å². The third-order valence-corrected chi connectivity index (χ3v) is 3.02. The first kappa shape index (κ1) is 11.9. The Labute approximate surface area is 100 Å². The lowest BCUT2D eigenvalue weighted by Gasteiger charge is -2.17. The molecule has 5 heteroatoms. The van der Waals surface area contributed by atoms with E-state index in [9.17, 15) is 0 Å². The lowest BCUT2D eigenvalue weighted by Crippen LogP contribution is -2.20. The molecule has 0 bridgehead atoms. The molecule has 0 aliphatic rings. The lowest BCUT2D eigenvalue weighted by atomic mass is 10.2. The van der Waals surface area contributed by atoms with Gasteiger partial charge in [0.05, 0.1) is 24.2 Å². The smallest absolute Gasteiger partial charge is 0.123 e. The predicted octanol–water partition coefficient (Wildman–Crippen LogP) is 0.460. The quantitative estimate of drug-likeness (QED) is 0.806. The molecular weight excluding hydrogens is 216 g/mol. The van der Waals surface area contributed by atoms with E-state index in [0.717, 1.165) is 22.5 Å². The number of aliphatic hydroxyl groups excluding tert-OH is 1. The Balaban J connectivity index is 2.44. The molecule has 0 saturated carbocycles. The lowest BCUT2D eigenvalue weighted by molar-refractivity contribution is 0.304. The zero-order valence-electron chi connectivity index (χ0n) is 10.2. The number of nitrogens with two attached hydrogens (primary N) is 1. The normalized spacial score (nSPS) is 11.1. The Kier molecular flexibility index (Phi) is 3.31. The van der Waals surface area contributed by atoms with Gasteiger partial charge in [-0.2, -0.15) is 0 Å². The molecule has 17 heavy (non-hydrogen) atoms. The molecule has 0 atom stereocenters. The summed E-state index contributed by atoms with van der Waals surface area (Å²) in [5.74, 6) is 0.877. The van der Waals surface area contributed by atoms with Crippen molar-refractivity contribution in [1.82, 2.24) is 9.55 Å². The van der Waals surface area contributed by atoms with Crippen LogP contribution in [-0.4, -0.2) is 34.9 Å². The van der Waals surface area contributed by atoms with E-state index in [0.29, 0.717) is 13.1 Å². The molecule has 2 aromatic rings. The Morgan fingerprint density at radius 1 is 1.47 bits per heavy atom. The van der Waals surface area contributed by atoms with Crippen LogP contribution in [0, 0.1) is 0 Å². The van der Waals surface area contributed by atoms with E-state index in [1.807, 2.05) is 41.8 Å². The number of aromatic nitrogens is 2. The molecule has 1 heterocycles. The maximum Gasteiger partial charge on any atom is 0.123 e. The molecule has 5 nitrogen and oxygen atoms in total. The summed E-state index contributed by atoms with van der Waals surface area (Å²) in [5.41, 5.74) is 8.70. The number of aliphatic hydroxyl groups is 1. The van der Waals surface area contributed by atoms with Crippen molar-refractivity contribution < 1.29 is 5.11 Å². The number of fused-ring (bicyclic) bond motifs is 1. The standard InChI is InChI=1S/C12H18N4O/c1-15(5-6-17)9-3-4-11-10(7-9)14-12(8-13)16(11)2/h3-4,7,17H,5-6,8,13H2,1-2H3. The Hall–Kier alpha value is -1.59. The van der Waals surface area contributed by atoms with Crippen molar-refractivity contribution in [3.8, 4) is 0 Å². The minimum absolute atomic E-state index is 0.144. The number of benzene rings is 1. The summed E-state index contributed by atoms with van der Waals surface area (Å²) in [6.07, 6.45) is 0. The SMILES string of the molecule is CN(CCO)c1ccc2c(c1)nc(CN)n2C. The highest BCUT2D eigenvalue weighted by atomic mass is 16.3. The molecule has 0 fully saturated rings. The largest absolute Gasteiger partial charge is 0.395 e. The van der Waals surface area contributed by atoms with Crippen LogP contribution in [0.4, 0.5) is 5.69 Å². The van der Waals surface area contributed by atoms with Gasteiger partial charge in [-0.1, -0.05) is 0 Å². The maximum absolute atomic E-state index is 8.92. The van der Waals surface area contributed by atoms with Crippen molar-refractivity contribution in [1.29, 1.82) is 0 Å². The fourth-order valence-corrected chi connectivity index (χ4v) is 1.94. The number of aryl methyl sites for hydroxylation is 1. The van der Waals surface area contributed by atoms with Gasteiger partial charge in [0.25, 0.3) is 0 Å². The average molecular weight is 234 g/mol. The van der Waals surface area contributed by atoms with Crippen molar-refractivity contribution in [2.75, 3.05) is 25.1 Å². The van der Waals surface area contributed by atoms with Gasteiger partial charge in [-0.3, -0.25) is 0 Å². The van der Waals surface area contributed by atoms with Gasteiger partial charge in [-0.15, -0.1) is 0 Å². The highest BCUT2D eigenvalue weighted by Crippen LogP contribution is 2.21. The fraction of sp³-hybridized carbons (Fsp3) is 0.417. The van der Waals surface area contributed by atoms with Gasteiger partial charge in [-0.05, 0) is 18.2 Å². The van der Waals surface area contributed by atoms with Gasteiger partial charge in [0.2, 0.25) is 0 Å². The second-order valence-electron chi connectivity index (χ2n) is 4.11. The summed E-state index contributed by atoms with van der Waals surface area (Å²) in [5, 5.41) is 8.92. The van der Waals surface area contributed by atoms with Crippen molar-refractivity contribution in [3.05, 3.63) is 24.0 Å². The summed E-state index contributed by atoms with van der Waals surface area (Å²) in [4.78, 5) is 6.48. The molecule has 1 aromatic heterocycles. The molecule has 0 radical (unpaired) electrons. The summed E-state index contributed by atoms with van der Waals surface area (Å²) >= 11 is 0. The van der Waals surface area contributed by atoms with Gasteiger partial charge in [0.15, 0.2) is 0 Å². The molecular formula is C12H18N4O. The van der Waals surface area contributed by atoms with Crippen LogP contribution in [0.2, 0.25) is 0 Å². The molecule has 92 valence electrons. The first-order valence-electron chi connectivity index (χ1n) is 5.64. The van der Waals surface area contributed by atoms with Crippen molar-refractivity contribution in [2.45, 2.75) is 6.54 Å². The molecule has 0 aliphatic heterocycles. The number of rotatable bonds is 4. The van der Waals surface area contributed by atoms with E-state index in [2.05, 4.69) is 4.98 Å². The molecule has 0 saturated heterocycles. The molecule has 3 N–H and O–H groups in total. The highest BCUT2D eigenvalue weighted by molar-refractivity contribution is 5.80. The number of anilines is 1. The topological polar surface area (TPSA) is 67.3 Å². The Bertz CT molecular complexity index is 520. The highest BCUT2D eigenvalue weighted by Gasteiger charge is 2.08. The van der Waals surface area contributed by atoms with Gasteiger partial charge in [0.1, 0.15) is 5.82 Å². The van der Waals surface area contributed by atoms with Crippen LogP contribution in [0.25, 0.3) is 11.0 Å². The summed E-state index contributed by atoms with van der Waals surface area (Å²) in [6, 6.07) is 6.08. The molecule has 1 aromatic carbocycles. The third-order valence-electron chi connectivity index (χ3n) is 3.02. The van der Waals surface area contributed by atoms with Gasteiger partial charge >= 0.3 is 0 Å². The van der Waals surface area contributed by atoms with Crippen LogP contribution in [0.1, 0.15) is 5.82 Å². The Morgan fingerprint density at radius 2 is 2.24 bits per heavy atom.